The molecule has 0 aromatic rings. The van der Waals surface area contributed by atoms with Gasteiger partial charge in [0.25, 0.3) is 0 Å². The number of hydrogen-bond acceptors (Lipinski definition) is 2. The highest BCUT2D eigenvalue weighted by molar-refractivity contribution is 5.76. The van der Waals surface area contributed by atoms with Gasteiger partial charge >= 0.3 is 12.0 Å². The van der Waals surface area contributed by atoms with Gasteiger partial charge in [-0.3, -0.25) is 4.79 Å². The highest BCUT2D eigenvalue weighted by atomic mass is 16.4. The second-order valence-corrected chi connectivity index (χ2v) is 5.47. The molecule has 0 radical (unpaired) electrons. The van der Waals surface area contributed by atoms with E-state index in [2.05, 4.69) is 13.8 Å². The van der Waals surface area contributed by atoms with Crippen molar-refractivity contribution in [3.05, 3.63) is 0 Å². The Bertz CT molecular complexity index is 313. The van der Waals surface area contributed by atoms with Crippen molar-refractivity contribution in [1.82, 2.24) is 9.80 Å². The van der Waals surface area contributed by atoms with Gasteiger partial charge in [0.1, 0.15) is 0 Å². The number of carbonyl (C=O) groups excluding carboxylic acids is 1. The van der Waals surface area contributed by atoms with Gasteiger partial charge in [-0.1, -0.05) is 27.2 Å². The zero-order valence-electron chi connectivity index (χ0n) is 11.7. The lowest BCUT2D eigenvalue weighted by molar-refractivity contribution is -0.144. The first-order chi connectivity index (χ1) is 8.36. The summed E-state index contributed by atoms with van der Waals surface area (Å²) in [5.41, 5.74) is 0. The molecule has 0 saturated carbocycles. The first-order valence-electron chi connectivity index (χ1n) is 6.59. The molecule has 1 N–H and O–H groups in total. The summed E-state index contributed by atoms with van der Waals surface area (Å²) in [7, 11) is 1.81. The molecule has 0 aliphatic carbocycles. The standard InChI is InChI=1S/C13H24N2O3/c1-5-9(2)6-14(4)13(18)15-7-11(8-15)10(3)12(16)17/h9-11H,5-8H2,1-4H3,(H,16,17). The Balaban J connectivity index is 2.36. The third-order valence-electron chi connectivity index (χ3n) is 3.89. The van der Waals surface area contributed by atoms with Gasteiger partial charge in [-0.15, -0.1) is 0 Å². The van der Waals surface area contributed by atoms with Crippen LogP contribution in [0.5, 0.6) is 0 Å². The predicted octanol–water partition coefficient (Wildman–Crippen LogP) is 1.74. The second-order valence-electron chi connectivity index (χ2n) is 5.47. The van der Waals surface area contributed by atoms with E-state index in [0.717, 1.165) is 13.0 Å². The fourth-order valence-electron chi connectivity index (χ4n) is 2.10. The summed E-state index contributed by atoms with van der Waals surface area (Å²) in [5, 5.41) is 8.89. The fraction of sp³-hybridized carbons (Fsp3) is 0.846. The summed E-state index contributed by atoms with van der Waals surface area (Å²) in [4.78, 5) is 26.3. The van der Waals surface area contributed by atoms with Crippen molar-refractivity contribution >= 4 is 12.0 Å². The minimum atomic E-state index is -0.778. The van der Waals surface area contributed by atoms with E-state index in [1.165, 1.54) is 0 Å². The van der Waals surface area contributed by atoms with E-state index in [-0.39, 0.29) is 17.9 Å². The van der Waals surface area contributed by atoms with E-state index in [1.807, 2.05) is 7.05 Å². The van der Waals surface area contributed by atoms with Crippen molar-refractivity contribution in [2.75, 3.05) is 26.7 Å². The number of nitrogens with zero attached hydrogens (tertiary/aromatic N) is 2. The van der Waals surface area contributed by atoms with Crippen molar-refractivity contribution in [2.24, 2.45) is 17.8 Å². The lowest BCUT2D eigenvalue weighted by Gasteiger charge is -2.43. The van der Waals surface area contributed by atoms with Gasteiger partial charge < -0.3 is 14.9 Å². The minimum Gasteiger partial charge on any atom is -0.481 e. The zero-order chi connectivity index (χ0) is 13.9. The smallest absolute Gasteiger partial charge is 0.319 e. The van der Waals surface area contributed by atoms with Crippen LogP contribution in [0, 0.1) is 17.8 Å². The number of likely N-dealkylation sites (tertiary alicyclic amines) is 1. The number of aliphatic carboxylic acids is 1. The maximum absolute atomic E-state index is 12.0. The molecule has 18 heavy (non-hydrogen) atoms. The molecule has 5 nitrogen and oxygen atoms in total. The van der Waals surface area contributed by atoms with Gasteiger partial charge in [0.2, 0.25) is 0 Å². The van der Waals surface area contributed by atoms with Crippen LogP contribution in [-0.4, -0.2) is 53.6 Å². The molecule has 2 amide bonds. The van der Waals surface area contributed by atoms with E-state index in [0.29, 0.717) is 19.0 Å². The average molecular weight is 256 g/mol. The molecule has 2 unspecified atom stereocenters. The Labute approximate surface area is 109 Å². The topological polar surface area (TPSA) is 60.9 Å². The summed E-state index contributed by atoms with van der Waals surface area (Å²) in [6.07, 6.45) is 1.05. The molecule has 1 fully saturated rings. The van der Waals surface area contributed by atoms with Crippen LogP contribution in [0.3, 0.4) is 0 Å². The number of amides is 2. The summed E-state index contributed by atoms with van der Waals surface area (Å²) in [5.74, 6) is -0.550. The Kier molecular flexibility index (Phi) is 4.99. The first kappa shape index (κ1) is 14.8. The molecule has 0 bridgehead atoms. The van der Waals surface area contributed by atoms with Gasteiger partial charge in [-0.05, 0) is 5.92 Å². The number of carboxylic acid groups (broad SMARTS) is 1. The monoisotopic (exact) mass is 256 g/mol. The molecule has 1 heterocycles. The van der Waals surface area contributed by atoms with Crippen molar-refractivity contribution < 1.29 is 14.7 Å². The van der Waals surface area contributed by atoms with Crippen molar-refractivity contribution in [1.29, 1.82) is 0 Å². The summed E-state index contributed by atoms with van der Waals surface area (Å²) < 4.78 is 0. The molecule has 2 atom stereocenters. The molecule has 104 valence electrons. The Hall–Kier alpha value is -1.26. The Morgan fingerprint density at radius 2 is 1.94 bits per heavy atom. The normalized spacial score (nSPS) is 19.0. The average Bonchev–Trinajstić information content (AvgIpc) is 2.26. The number of urea groups is 1. The van der Waals surface area contributed by atoms with Crippen LogP contribution in [0.25, 0.3) is 0 Å². The largest absolute Gasteiger partial charge is 0.481 e. The summed E-state index contributed by atoms with van der Waals surface area (Å²) in [6.45, 7) is 7.82. The van der Waals surface area contributed by atoms with Crippen LogP contribution in [-0.2, 0) is 4.79 Å². The van der Waals surface area contributed by atoms with Crippen LogP contribution in [0.2, 0.25) is 0 Å². The quantitative estimate of drug-likeness (QED) is 0.815. The fourth-order valence-corrected chi connectivity index (χ4v) is 2.10. The van der Waals surface area contributed by atoms with Crippen LogP contribution in [0.15, 0.2) is 0 Å². The molecule has 0 aromatic heterocycles. The van der Waals surface area contributed by atoms with E-state index in [9.17, 15) is 9.59 Å². The van der Waals surface area contributed by atoms with Crippen LogP contribution < -0.4 is 0 Å². The predicted molar refractivity (Wildman–Crippen MR) is 69.3 cm³/mol. The van der Waals surface area contributed by atoms with Crippen LogP contribution >= 0.6 is 0 Å². The molecule has 5 heteroatoms. The number of carboxylic acids is 1. The molecule has 0 aromatic carbocycles. The van der Waals surface area contributed by atoms with Gasteiger partial charge in [0.05, 0.1) is 5.92 Å². The lowest BCUT2D eigenvalue weighted by Crippen LogP contribution is -2.57. The number of carbonyl (C=O) groups is 2. The molecule has 1 aliphatic heterocycles. The zero-order valence-corrected chi connectivity index (χ0v) is 11.7. The third kappa shape index (κ3) is 3.37. The van der Waals surface area contributed by atoms with E-state index >= 15 is 0 Å². The van der Waals surface area contributed by atoms with Gasteiger partial charge in [-0.2, -0.15) is 0 Å². The van der Waals surface area contributed by atoms with Gasteiger partial charge in [0.15, 0.2) is 0 Å². The van der Waals surface area contributed by atoms with Crippen molar-refractivity contribution in [3.8, 4) is 0 Å². The second kappa shape index (κ2) is 6.07. The van der Waals surface area contributed by atoms with Crippen LogP contribution in [0.1, 0.15) is 27.2 Å². The summed E-state index contributed by atoms with van der Waals surface area (Å²) in [6, 6.07) is 0.0177. The van der Waals surface area contributed by atoms with E-state index < -0.39 is 5.97 Å². The molecule has 1 aliphatic rings. The van der Waals surface area contributed by atoms with Crippen molar-refractivity contribution in [3.63, 3.8) is 0 Å². The minimum absolute atomic E-state index is 0.0177. The maximum Gasteiger partial charge on any atom is 0.319 e. The molecule has 0 spiro atoms. The first-order valence-corrected chi connectivity index (χ1v) is 6.59. The van der Waals surface area contributed by atoms with Gasteiger partial charge in [0, 0.05) is 32.6 Å². The Morgan fingerprint density at radius 3 is 2.39 bits per heavy atom. The number of hydrogen-bond donors (Lipinski definition) is 1. The highest BCUT2D eigenvalue weighted by Crippen LogP contribution is 2.25. The SMILES string of the molecule is CCC(C)CN(C)C(=O)N1CC(C(C)C(=O)O)C1. The molecular formula is C13H24N2O3. The third-order valence-corrected chi connectivity index (χ3v) is 3.89. The number of rotatable bonds is 5. The van der Waals surface area contributed by atoms with E-state index in [4.69, 9.17) is 5.11 Å². The summed E-state index contributed by atoms with van der Waals surface area (Å²) >= 11 is 0. The molecular weight excluding hydrogens is 232 g/mol. The molecule has 1 saturated heterocycles. The lowest BCUT2D eigenvalue weighted by atomic mass is 9.87. The van der Waals surface area contributed by atoms with Gasteiger partial charge in [-0.25, -0.2) is 4.79 Å². The van der Waals surface area contributed by atoms with E-state index in [1.54, 1.807) is 16.7 Å². The Morgan fingerprint density at radius 1 is 1.39 bits per heavy atom. The highest BCUT2D eigenvalue weighted by Gasteiger charge is 2.38. The molecule has 1 rings (SSSR count). The van der Waals surface area contributed by atoms with Crippen LogP contribution in [0.4, 0.5) is 4.79 Å². The van der Waals surface area contributed by atoms with Crippen molar-refractivity contribution in [2.45, 2.75) is 27.2 Å². The maximum atomic E-state index is 12.0.